The Balaban J connectivity index is 1.84. The van der Waals surface area contributed by atoms with Gasteiger partial charge in [-0.25, -0.2) is 0 Å². The molecule has 0 saturated carbocycles. The first-order valence-electron chi connectivity index (χ1n) is 8.68. The fourth-order valence-electron chi connectivity index (χ4n) is 3.27. The van der Waals surface area contributed by atoms with Crippen molar-refractivity contribution in [1.29, 1.82) is 0 Å². The third kappa shape index (κ3) is 3.89. The van der Waals surface area contributed by atoms with Gasteiger partial charge in [-0.15, -0.1) is 0 Å². The number of rotatable bonds is 5. The number of phenolic OH excluding ortho intramolecular Hbond substituents is 1. The van der Waals surface area contributed by atoms with Gasteiger partial charge in [0.2, 0.25) is 6.79 Å². The SMILES string of the molecule is COc1cc(C=CC2(O[Cl+3]([O-])([O-])[O-])OC(C)=Cc3cc4c(cc32)OCO4)ccc1O. The summed E-state index contributed by atoms with van der Waals surface area (Å²) < 4.78 is 61.1. The van der Waals surface area contributed by atoms with E-state index in [9.17, 15) is 19.1 Å². The maximum absolute atomic E-state index is 11.6. The van der Waals surface area contributed by atoms with E-state index in [0.29, 0.717) is 28.4 Å². The van der Waals surface area contributed by atoms with Crippen LogP contribution < -0.4 is 28.2 Å². The minimum atomic E-state index is -4.87. The Morgan fingerprint density at radius 2 is 1.87 bits per heavy atom. The average molecular weight is 437 g/mol. The molecule has 0 aromatic heterocycles. The number of ether oxygens (including phenoxy) is 4. The number of halogens is 1. The molecule has 2 aliphatic rings. The number of aromatic hydroxyl groups is 1. The van der Waals surface area contributed by atoms with Gasteiger partial charge < -0.3 is 24.1 Å². The van der Waals surface area contributed by atoms with Crippen LogP contribution in [-0.2, 0) is 14.8 Å². The summed E-state index contributed by atoms with van der Waals surface area (Å²) in [5.41, 5.74) is 1.31. The number of hydrogen-bond acceptors (Lipinski definition) is 9. The van der Waals surface area contributed by atoms with Gasteiger partial charge in [0.1, 0.15) is 4.29 Å². The smallest absolute Gasteiger partial charge is 0.408 e. The van der Waals surface area contributed by atoms with Crippen molar-refractivity contribution in [2.75, 3.05) is 13.9 Å². The van der Waals surface area contributed by atoms with Crippen molar-refractivity contribution in [1.82, 2.24) is 0 Å². The summed E-state index contributed by atoms with van der Waals surface area (Å²) in [6, 6.07) is 7.65. The molecule has 0 amide bonds. The van der Waals surface area contributed by atoms with Gasteiger partial charge in [-0.1, -0.05) is 12.1 Å². The third-order valence-corrected chi connectivity index (χ3v) is 4.92. The molecular formula is C20H17ClO9. The van der Waals surface area contributed by atoms with E-state index in [1.54, 1.807) is 25.1 Å². The molecule has 1 atom stereocenters. The first kappa shape index (κ1) is 20.3. The van der Waals surface area contributed by atoms with Gasteiger partial charge >= 0.3 is 5.79 Å². The highest BCUT2D eigenvalue weighted by molar-refractivity contribution is 5.66. The Morgan fingerprint density at radius 3 is 2.57 bits per heavy atom. The quantitative estimate of drug-likeness (QED) is 0.701. The highest BCUT2D eigenvalue weighted by Crippen LogP contribution is 2.46. The highest BCUT2D eigenvalue weighted by atomic mass is 35.7. The maximum atomic E-state index is 11.6. The minimum Gasteiger partial charge on any atom is -0.504 e. The monoisotopic (exact) mass is 436 g/mol. The molecule has 0 bridgehead atoms. The van der Waals surface area contributed by atoms with Crippen LogP contribution in [0.25, 0.3) is 12.2 Å². The third-order valence-electron chi connectivity index (χ3n) is 4.50. The van der Waals surface area contributed by atoms with Crippen LogP contribution in [0.5, 0.6) is 23.0 Å². The van der Waals surface area contributed by atoms with Crippen molar-refractivity contribution in [3.8, 4) is 23.0 Å². The number of benzene rings is 2. The predicted molar refractivity (Wildman–Crippen MR) is 93.8 cm³/mol. The summed E-state index contributed by atoms with van der Waals surface area (Å²) in [4.78, 5) is 0. The maximum Gasteiger partial charge on any atom is 0.408 e. The van der Waals surface area contributed by atoms with Gasteiger partial charge in [0.05, 0.1) is 28.7 Å². The summed E-state index contributed by atoms with van der Waals surface area (Å²) in [6.45, 7) is 1.61. The lowest BCUT2D eigenvalue weighted by molar-refractivity contribution is -1.92. The topological polar surface area (TPSA) is 136 Å². The summed E-state index contributed by atoms with van der Waals surface area (Å²) in [5, 5.41) is 9.76. The van der Waals surface area contributed by atoms with Gasteiger partial charge in [-0.2, -0.15) is 14.0 Å². The molecule has 2 aromatic rings. The Kier molecular flexibility index (Phi) is 5.00. The van der Waals surface area contributed by atoms with Crippen molar-refractivity contribution >= 4 is 12.2 Å². The number of phenols is 1. The van der Waals surface area contributed by atoms with Crippen LogP contribution in [0.15, 0.2) is 42.2 Å². The molecule has 0 spiro atoms. The fourth-order valence-corrected chi connectivity index (χ4v) is 3.72. The van der Waals surface area contributed by atoms with Crippen molar-refractivity contribution in [3.05, 3.63) is 58.9 Å². The molecule has 2 aliphatic heterocycles. The van der Waals surface area contributed by atoms with Gasteiger partial charge in [0.25, 0.3) is 0 Å². The van der Waals surface area contributed by atoms with E-state index in [4.69, 9.17) is 23.2 Å². The zero-order valence-corrected chi connectivity index (χ0v) is 16.7. The largest absolute Gasteiger partial charge is 0.504 e. The summed E-state index contributed by atoms with van der Waals surface area (Å²) in [7, 11) is -3.47. The predicted octanol–water partition coefficient (Wildman–Crippen LogP) is 0.301. The zero-order valence-electron chi connectivity index (χ0n) is 15.9. The van der Waals surface area contributed by atoms with Crippen LogP contribution in [0, 0.1) is 10.2 Å². The Hall–Kier alpha value is -2.95. The van der Waals surface area contributed by atoms with E-state index in [2.05, 4.69) is 0 Å². The van der Waals surface area contributed by atoms with E-state index in [1.807, 2.05) is 0 Å². The molecule has 2 heterocycles. The molecular weight excluding hydrogens is 420 g/mol. The second-order valence-corrected chi connectivity index (χ2v) is 7.45. The molecule has 30 heavy (non-hydrogen) atoms. The molecule has 1 N–H and O–H groups in total. The number of methoxy groups -OCH3 is 1. The van der Waals surface area contributed by atoms with Gasteiger partial charge in [0.15, 0.2) is 23.0 Å². The van der Waals surface area contributed by atoms with Crippen LogP contribution in [0.3, 0.4) is 0 Å². The first-order chi connectivity index (χ1) is 14.2. The molecule has 0 saturated heterocycles. The van der Waals surface area contributed by atoms with Crippen LogP contribution in [-0.4, -0.2) is 19.0 Å². The van der Waals surface area contributed by atoms with E-state index >= 15 is 0 Å². The fraction of sp³-hybridized carbons (Fsp3) is 0.200. The lowest BCUT2D eigenvalue weighted by Gasteiger charge is -2.32. The molecule has 1 unspecified atom stereocenters. The highest BCUT2D eigenvalue weighted by Gasteiger charge is 2.52. The summed E-state index contributed by atoms with van der Waals surface area (Å²) in [6.07, 6.45) is 4.43. The van der Waals surface area contributed by atoms with Crippen molar-refractivity contribution in [3.63, 3.8) is 0 Å². The summed E-state index contributed by atoms with van der Waals surface area (Å²) in [5.74, 6) is -0.782. The summed E-state index contributed by atoms with van der Waals surface area (Å²) >= 11 is 0. The van der Waals surface area contributed by atoms with E-state index in [0.717, 1.165) is 0 Å². The Bertz CT molecular complexity index is 1040. The molecule has 9 nitrogen and oxygen atoms in total. The lowest BCUT2D eigenvalue weighted by atomic mass is 9.94. The lowest BCUT2D eigenvalue weighted by Crippen LogP contribution is -2.64. The standard InChI is InChI=1S/C20H17ClO9/c1-12-7-14-9-18-19(28-11-27-18)10-15(14)20(29-12,30-21(23,24)25)6-5-13-3-4-16(22)17(8-13)26-2/h3-10,22H,11H2,1-2H3. The van der Waals surface area contributed by atoms with Gasteiger partial charge in [-0.05, 0) is 48.4 Å². The van der Waals surface area contributed by atoms with Crippen LogP contribution >= 0.6 is 0 Å². The second-order valence-electron chi connectivity index (χ2n) is 6.54. The van der Waals surface area contributed by atoms with E-state index < -0.39 is 16.0 Å². The van der Waals surface area contributed by atoms with Crippen LogP contribution in [0.4, 0.5) is 0 Å². The Labute approximate surface area is 173 Å². The van der Waals surface area contributed by atoms with Crippen molar-refractivity contribution in [2.45, 2.75) is 12.7 Å². The van der Waals surface area contributed by atoms with E-state index in [-0.39, 0.29) is 23.9 Å². The molecule has 158 valence electrons. The zero-order chi connectivity index (χ0) is 21.5. The minimum absolute atomic E-state index is 0.0108. The first-order valence-corrected chi connectivity index (χ1v) is 9.92. The van der Waals surface area contributed by atoms with Crippen LogP contribution in [0.2, 0.25) is 0 Å². The van der Waals surface area contributed by atoms with Gasteiger partial charge in [-0.3, -0.25) is 0 Å². The van der Waals surface area contributed by atoms with Gasteiger partial charge in [0, 0.05) is 6.08 Å². The molecule has 2 aromatic carbocycles. The molecule has 0 fully saturated rings. The molecule has 4 rings (SSSR count). The average Bonchev–Trinajstić information content (AvgIpc) is 3.12. The second kappa shape index (κ2) is 7.38. The van der Waals surface area contributed by atoms with Crippen molar-refractivity contribution in [2.24, 2.45) is 0 Å². The number of allylic oxidation sites excluding steroid dienone is 1. The van der Waals surface area contributed by atoms with Crippen LogP contribution in [0.1, 0.15) is 23.6 Å². The molecule has 10 heteroatoms. The normalized spacial score (nSPS) is 20.0. The number of fused-ring (bicyclic) bond motifs is 2. The molecule has 0 aliphatic carbocycles. The molecule has 0 radical (unpaired) electrons. The van der Waals surface area contributed by atoms with E-state index in [1.165, 1.54) is 37.5 Å². The number of hydrogen-bond donors (Lipinski definition) is 1. The Morgan fingerprint density at radius 1 is 1.13 bits per heavy atom. The van der Waals surface area contributed by atoms with Crippen molar-refractivity contribution < 1.29 is 52.6 Å².